The summed E-state index contributed by atoms with van der Waals surface area (Å²) in [7, 11) is 1.67. The molecule has 0 fully saturated rings. The number of fused-ring (bicyclic) bond motifs is 1. The average Bonchev–Trinajstić information content (AvgIpc) is 2.80. The van der Waals surface area contributed by atoms with Crippen LogP contribution >= 0.6 is 11.8 Å². The van der Waals surface area contributed by atoms with E-state index < -0.39 is 0 Å². The molecular weight excluding hydrogens is 322 g/mol. The zero-order chi connectivity index (χ0) is 17.4. The Bertz CT molecular complexity index is 904. The second kappa shape index (κ2) is 6.24. The Morgan fingerprint density at radius 3 is 2.62 bits per heavy atom. The quantitative estimate of drug-likeness (QED) is 0.751. The fourth-order valence-corrected chi connectivity index (χ4v) is 3.98. The molecule has 2 heterocycles. The number of benzene rings is 1. The standard InChI is InChI=1S/C17H21N5OS/c1-9(2)22-15-13(14(18)20-17(19)21-15)10(3)16(22)24-12-7-5-6-11(8-12)23-4/h5-9H,1-4H3,(H4,18,19,20,21). The smallest absolute Gasteiger partial charge is 0.223 e. The van der Waals surface area contributed by atoms with Gasteiger partial charge in [-0.25, -0.2) is 0 Å². The van der Waals surface area contributed by atoms with Crippen molar-refractivity contribution >= 4 is 34.6 Å². The monoisotopic (exact) mass is 343 g/mol. The number of aryl methyl sites for hydroxylation is 1. The molecule has 126 valence electrons. The zero-order valence-electron chi connectivity index (χ0n) is 14.2. The van der Waals surface area contributed by atoms with Crippen LogP contribution in [-0.2, 0) is 0 Å². The molecule has 0 saturated heterocycles. The van der Waals surface area contributed by atoms with Crippen LogP contribution in [-0.4, -0.2) is 21.6 Å². The molecular formula is C17H21N5OS. The summed E-state index contributed by atoms with van der Waals surface area (Å²) in [6.45, 7) is 6.27. The van der Waals surface area contributed by atoms with Crippen molar-refractivity contribution in [2.75, 3.05) is 18.6 Å². The fraction of sp³-hybridized carbons (Fsp3) is 0.294. The summed E-state index contributed by atoms with van der Waals surface area (Å²) in [5.74, 6) is 1.44. The second-order valence-electron chi connectivity index (χ2n) is 5.84. The Hall–Kier alpha value is -2.41. The number of nitrogens with zero attached hydrogens (tertiary/aromatic N) is 3. The molecule has 0 saturated carbocycles. The Kier molecular flexibility index (Phi) is 4.28. The SMILES string of the molecule is COc1cccc(Sc2c(C)c3c(N)nc(N)nc3n2C(C)C)c1. The average molecular weight is 343 g/mol. The first-order valence-electron chi connectivity index (χ1n) is 7.67. The second-order valence-corrected chi connectivity index (χ2v) is 6.90. The van der Waals surface area contributed by atoms with Crippen molar-refractivity contribution in [1.29, 1.82) is 0 Å². The molecule has 0 bridgehead atoms. The first kappa shape index (κ1) is 16.4. The number of nitrogen functional groups attached to an aromatic ring is 2. The van der Waals surface area contributed by atoms with Crippen molar-refractivity contribution in [2.24, 2.45) is 0 Å². The van der Waals surface area contributed by atoms with Crippen LogP contribution in [0.25, 0.3) is 11.0 Å². The molecule has 6 nitrogen and oxygen atoms in total. The number of nitrogens with two attached hydrogens (primary N) is 2. The molecule has 0 aliphatic heterocycles. The zero-order valence-corrected chi connectivity index (χ0v) is 15.0. The number of hydrogen-bond acceptors (Lipinski definition) is 6. The van der Waals surface area contributed by atoms with Gasteiger partial charge in [-0.3, -0.25) is 0 Å². The molecule has 7 heteroatoms. The van der Waals surface area contributed by atoms with E-state index >= 15 is 0 Å². The van der Waals surface area contributed by atoms with Crippen LogP contribution in [0.4, 0.5) is 11.8 Å². The minimum absolute atomic E-state index is 0.192. The van der Waals surface area contributed by atoms with Gasteiger partial charge in [0.25, 0.3) is 0 Å². The van der Waals surface area contributed by atoms with Crippen molar-refractivity contribution < 1.29 is 4.74 Å². The lowest BCUT2D eigenvalue weighted by Gasteiger charge is -2.14. The normalized spacial score (nSPS) is 11.4. The van der Waals surface area contributed by atoms with Crippen LogP contribution < -0.4 is 16.2 Å². The van der Waals surface area contributed by atoms with Gasteiger partial charge in [-0.2, -0.15) is 9.97 Å². The lowest BCUT2D eigenvalue weighted by Crippen LogP contribution is -2.06. The maximum absolute atomic E-state index is 6.11. The third kappa shape index (κ3) is 2.75. The summed E-state index contributed by atoms with van der Waals surface area (Å²) in [6.07, 6.45) is 0. The maximum Gasteiger partial charge on any atom is 0.223 e. The van der Waals surface area contributed by atoms with Crippen LogP contribution in [0.3, 0.4) is 0 Å². The molecule has 0 amide bonds. The molecule has 24 heavy (non-hydrogen) atoms. The maximum atomic E-state index is 6.11. The van der Waals surface area contributed by atoms with Gasteiger partial charge < -0.3 is 20.8 Å². The van der Waals surface area contributed by atoms with Gasteiger partial charge in [-0.15, -0.1) is 0 Å². The van der Waals surface area contributed by atoms with Gasteiger partial charge in [-0.1, -0.05) is 17.8 Å². The van der Waals surface area contributed by atoms with Gasteiger partial charge in [0.05, 0.1) is 17.5 Å². The highest BCUT2D eigenvalue weighted by atomic mass is 32.2. The number of hydrogen-bond donors (Lipinski definition) is 2. The van der Waals surface area contributed by atoms with Crippen molar-refractivity contribution in [3.63, 3.8) is 0 Å². The molecule has 0 radical (unpaired) electrons. The van der Waals surface area contributed by atoms with Crippen LogP contribution in [0.1, 0.15) is 25.5 Å². The Labute approximate surface area is 145 Å². The van der Waals surface area contributed by atoms with Crippen molar-refractivity contribution in [3.8, 4) is 5.75 Å². The van der Waals surface area contributed by atoms with E-state index in [-0.39, 0.29) is 12.0 Å². The molecule has 1 aromatic carbocycles. The molecule has 3 rings (SSSR count). The number of rotatable bonds is 4. The number of ether oxygens (including phenoxy) is 1. The largest absolute Gasteiger partial charge is 0.497 e. The minimum atomic E-state index is 0.192. The van der Waals surface area contributed by atoms with Crippen molar-refractivity contribution in [3.05, 3.63) is 29.8 Å². The lowest BCUT2D eigenvalue weighted by molar-refractivity contribution is 0.413. The number of methoxy groups -OCH3 is 1. The molecule has 4 N–H and O–H groups in total. The van der Waals surface area contributed by atoms with E-state index in [2.05, 4.69) is 34.4 Å². The summed E-state index contributed by atoms with van der Waals surface area (Å²) < 4.78 is 7.47. The van der Waals surface area contributed by atoms with Gasteiger partial charge in [0, 0.05) is 10.9 Å². The summed E-state index contributed by atoms with van der Waals surface area (Å²) in [5.41, 5.74) is 13.7. The summed E-state index contributed by atoms with van der Waals surface area (Å²) in [6, 6.07) is 8.18. The van der Waals surface area contributed by atoms with Crippen molar-refractivity contribution in [1.82, 2.24) is 14.5 Å². The molecule has 0 aliphatic rings. The Morgan fingerprint density at radius 1 is 1.21 bits per heavy atom. The highest BCUT2D eigenvalue weighted by molar-refractivity contribution is 7.99. The molecule has 0 spiro atoms. The number of aromatic nitrogens is 3. The first-order chi connectivity index (χ1) is 11.4. The molecule has 3 aromatic rings. The highest BCUT2D eigenvalue weighted by Gasteiger charge is 2.21. The number of anilines is 2. The molecule has 0 atom stereocenters. The molecule has 0 aliphatic carbocycles. The van der Waals surface area contributed by atoms with Gasteiger partial charge in [0.15, 0.2) is 0 Å². The Morgan fingerprint density at radius 2 is 1.96 bits per heavy atom. The van der Waals surface area contributed by atoms with E-state index in [4.69, 9.17) is 16.2 Å². The fourth-order valence-electron chi connectivity index (χ4n) is 2.78. The highest BCUT2D eigenvalue weighted by Crippen LogP contribution is 2.40. The molecule has 0 unspecified atom stereocenters. The third-order valence-electron chi connectivity index (χ3n) is 3.85. The van der Waals surface area contributed by atoms with Gasteiger partial charge in [0.1, 0.15) is 17.2 Å². The minimum Gasteiger partial charge on any atom is -0.497 e. The van der Waals surface area contributed by atoms with Crippen LogP contribution in [0.15, 0.2) is 34.2 Å². The Balaban J connectivity index is 2.21. The third-order valence-corrected chi connectivity index (χ3v) is 5.04. The van der Waals surface area contributed by atoms with E-state index in [0.717, 1.165) is 32.3 Å². The predicted octanol–water partition coefficient (Wildman–Crippen LogP) is 3.64. The van der Waals surface area contributed by atoms with E-state index in [1.807, 2.05) is 25.1 Å². The first-order valence-corrected chi connectivity index (χ1v) is 8.49. The molecule has 2 aromatic heterocycles. The van der Waals surface area contributed by atoms with Crippen LogP contribution in [0.5, 0.6) is 5.75 Å². The lowest BCUT2D eigenvalue weighted by atomic mass is 10.2. The van der Waals surface area contributed by atoms with E-state index in [0.29, 0.717) is 5.82 Å². The van der Waals surface area contributed by atoms with Gasteiger partial charge in [-0.05, 0) is 44.5 Å². The topological polar surface area (TPSA) is 92.0 Å². The van der Waals surface area contributed by atoms with Crippen LogP contribution in [0, 0.1) is 6.92 Å². The summed E-state index contributed by atoms with van der Waals surface area (Å²) in [5, 5.41) is 1.95. The van der Waals surface area contributed by atoms with Gasteiger partial charge in [0.2, 0.25) is 5.95 Å². The predicted molar refractivity (Wildman–Crippen MR) is 98.6 cm³/mol. The van der Waals surface area contributed by atoms with E-state index in [1.54, 1.807) is 18.9 Å². The van der Waals surface area contributed by atoms with E-state index in [9.17, 15) is 0 Å². The summed E-state index contributed by atoms with van der Waals surface area (Å²) in [4.78, 5) is 9.62. The van der Waals surface area contributed by atoms with E-state index in [1.165, 1.54) is 0 Å². The summed E-state index contributed by atoms with van der Waals surface area (Å²) >= 11 is 1.66. The van der Waals surface area contributed by atoms with Crippen LogP contribution in [0.2, 0.25) is 0 Å². The van der Waals surface area contributed by atoms with Crippen molar-refractivity contribution in [2.45, 2.75) is 36.7 Å². The van der Waals surface area contributed by atoms with Gasteiger partial charge >= 0.3 is 0 Å².